The number of carboxylic acids is 2. The van der Waals surface area contributed by atoms with Crippen molar-refractivity contribution in [3.8, 4) is 0 Å². The summed E-state index contributed by atoms with van der Waals surface area (Å²) in [6, 6.07) is 9.70. The average Bonchev–Trinajstić information content (AvgIpc) is 3.07. The quantitative estimate of drug-likeness (QED) is 0.431. The molecule has 1 heterocycles. The number of carbonyl (C=O) groups is 3. The molecule has 0 aromatic heterocycles. The molecule has 0 bridgehead atoms. The van der Waals surface area contributed by atoms with Gasteiger partial charge in [-0.15, -0.1) is 0 Å². The van der Waals surface area contributed by atoms with Crippen molar-refractivity contribution in [2.24, 2.45) is 0 Å². The van der Waals surface area contributed by atoms with Gasteiger partial charge in [0.05, 0.1) is 15.5 Å². The highest BCUT2D eigenvalue weighted by Gasteiger charge is 2.24. The van der Waals surface area contributed by atoms with Crippen LogP contribution in [0.2, 0.25) is 0 Å². The van der Waals surface area contributed by atoms with Crippen molar-refractivity contribution >= 4 is 39.1 Å². The molecule has 12 heteroatoms. The van der Waals surface area contributed by atoms with Crippen molar-refractivity contribution in [3.05, 3.63) is 60.4 Å². The normalized spacial score (nSPS) is 13.9. The van der Waals surface area contributed by atoms with E-state index in [1.807, 2.05) is 0 Å². The molecule has 3 rings (SSSR count). The Labute approximate surface area is 202 Å². The van der Waals surface area contributed by atoms with Gasteiger partial charge in [0.25, 0.3) is 0 Å². The zero-order chi connectivity index (χ0) is 26.0. The van der Waals surface area contributed by atoms with Gasteiger partial charge in [-0.1, -0.05) is 6.07 Å². The van der Waals surface area contributed by atoms with E-state index in [9.17, 15) is 27.2 Å². The molecule has 0 atom stereocenters. The molecule has 2 aromatic rings. The largest absolute Gasteiger partial charge is 0.478 e. The fraction of sp³-hybridized carbons (Fsp3) is 0.261. The van der Waals surface area contributed by atoms with E-state index < -0.39 is 27.6 Å². The highest BCUT2D eigenvalue weighted by atomic mass is 32.2. The molecule has 35 heavy (non-hydrogen) atoms. The molecule has 188 valence electrons. The van der Waals surface area contributed by atoms with Gasteiger partial charge in [-0.25, -0.2) is 22.4 Å². The molecule has 1 fully saturated rings. The third-order valence-electron chi connectivity index (χ3n) is 4.74. The Hall–Kier alpha value is -3.77. The number of anilines is 2. The topological polar surface area (TPSA) is 153 Å². The van der Waals surface area contributed by atoms with E-state index >= 15 is 0 Å². The van der Waals surface area contributed by atoms with Crippen LogP contribution in [0.25, 0.3) is 0 Å². The van der Waals surface area contributed by atoms with Crippen LogP contribution < -0.4 is 15.5 Å². The second-order valence-corrected chi connectivity index (χ2v) is 9.34. The van der Waals surface area contributed by atoms with Gasteiger partial charge < -0.3 is 25.7 Å². The van der Waals surface area contributed by atoms with Crippen molar-refractivity contribution < 1.29 is 37.4 Å². The molecule has 2 aromatic carbocycles. The number of hydrogen-bond donors (Lipinski definition) is 4. The van der Waals surface area contributed by atoms with Gasteiger partial charge >= 0.3 is 11.9 Å². The van der Waals surface area contributed by atoms with Gasteiger partial charge in [0, 0.05) is 44.4 Å². The second-order valence-electron chi connectivity index (χ2n) is 7.42. The number of carboxylic acid groups (broad SMARTS) is 2. The maximum Gasteiger partial charge on any atom is 0.328 e. The number of benzene rings is 2. The van der Waals surface area contributed by atoms with E-state index in [1.54, 1.807) is 12.1 Å². The zero-order valence-electron chi connectivity index (χ0n) is 18.9. The van der Waals surface area contributed by atoms with Crippen LogP contribution in [0.4, 0.5) is 15.8 Å². The molecule has 1 aliphatic heterocycles. The number of halogens is 1. The maximum atomic E-state index is 13.5. The first-order valence-electron chi connectivity index (χ1n) is 10.5. The summed E-state index contributed by atoms with van der Waals surface area (Å²) in [5, 5.41) is 21.5. The van der Waals surface area contributed by atoms with Crippen molar-refractivity contribution in [3.63, 3.8) is 0 Å². The first kappa shape index (κ1) is 27.5. The fourth-order valence-electron chi connectivity index (χ4n) is 3.24. The van der Waals surface area contributed by atoms with Crippen molar-refractivity contribution in [2.75, 3.05) is 36.4 Å². The van der Waals surface area contributed by atoms with Crippen LogP contribution in [0, 0.1) is 5.82 Å². The third kappa shape index (κ3) is 8.50. The van der Waals surface area contributed by atoms with Crippen LogP contribution in [0.15, 0.2) is 64.4 Å². The number of amides is 1. The lowest BCUT2D eigenvalue weighted by atomic mass is 10.2. The lowest BCUT2D eigenvalue weighted by molar-refractivity contribution is -0.134. The van der Waals surface area contributed by atoms with Gasteiger partial charge in [0.2, 0.25) is 15.7 Å². The van der Waals surface area contributed by atoms with Crippen LogP contribution in [-0.2, 0) is 24.2 Å². The molecule has 4 N–H and O–H groups in total. The Kier molecular flexibility index (Phi) is 9.91. The zero-order valence-corrected chi connectivity index (χ0v) is 19.7. The number of aliphatic carboxylic acids is 2. The predicted octanol–water partition coefficient (Wildman–Crippen LogP) is 2.13. The number of nitrogens with one attached hydrogen (secondary N) is 2. The van der Waals surface area contributed by atoms with Crippen LogP contribution in [0.3, 0.4) is 0 Å². The van der Waals surface area contributed by atoms with Crippen molar-refractivity contribution in [1.82, 2.24) is 5.32 Å². The van der Waals surface area contributed by atoms with E-state index in [0.717, 1.165) is 44.4 Å². The highest BCUT2D eigenvalue weighted by Crippen LogP contribution is 2.32. The van der Waals surface area contributed by atoms with Crippen LogP contribution >= 0.6 is 0 Å². The molecule has 0 unspecified atom stereocenters. The third-order valence-corrected chi connectivity index (χ3v) is 6.55. The van der Waals surface area contributed by atoms with Crippen LogP contribution in [0.1, 0.15) is 13.3 Å². The first-order valence-corrected chi connectivity index (χ1v) is 12.0. The van der Waals surface area contributed by atoms with E-state index in [1.165, 1.54) is 31.2 Å². The Bertz CT molecular complexity index is 1190. The van der Waals surface area contributed by atoms with E-state index in [-0.39, 0.29) is 21.4 Å². The van der Waals surface area contributed by atoms with Crippen LogP contribution in [-0.4, -0.2) is 62.7 Å². The average molecular weight is 508 g/mol. The Morgan fingerprint density at radius 1 is 1.03 bits per heavy atom. The predicted molar refractivity (Wildman–Crippen MR) is 127 cm³/mol. The minimum atomic E-state index is -3.98. The molecule has 1 amide bonds. The number of hydrogen-bond acceptors (Lipinski definition) is 7. The Morgan fingerprint density at radius 2 is 1.71 bits per heavy atom. The molecule has 1 saturated heterocycles. The fourth-order valence-corrected chi connectivity index (χ4v) is 4.67. The summed E-state index contributed by atoms with van der Waals surface area (Å²) in [5.74, 6) is -3.52. The summed E-state index contributed by atoms with van der Waals surface area (Å²) in [4.78, 5) is 32.7. The molecule has 0 aliphatic carbocycles. The van der Waals surface area contributed by atoms with E-state index in [4.69, 9.17) is 10.2 Å². The van der Waals surface area contributed by atoms with Crippen molar-refractivity contribution in [1.29, 1.82) is 0 Å². The summed E-state index contributed by atoms with van der Waals surface area (Å²) in [5.41, 5.74) is 1.03. The number of sulfone groups is 1. The number of rotatable bonds is 6. The summed E-state index contributed by atoms with van der Waals surface area (Å²) in [6.07, 6.45) is 2.09. The molecular formula is C23H26FN3O7S. The lowest BCUT2D eigenvalue weighted by Gasteiger charge is -2.24. The van der Waals surface area contributed by atoms with E-state index in [2.05, 4.69) is 15.5 Å². The van der Waals surface area contributed by atoms with E-state index in [0.29, 0.717) is 12.2 Å². The van der Waals surface area contributed by atoms with Gasteiger partial charge in [0.15, 0.2) is 0 Å². The SMILES string of the molecule is CC(=O)Nc1cc(N2CCCNCC2)ccc1S(=O)(=O)c1cccc(F)c1.O=C(O)/C=C\C(=O)O. The summed E-state index contributed by atoms with van der Waals surface area (Å²) < 4.78 is 39.5. The first-order chi connectivity index (χ1) is 16.5. The van der Waals surface area contributed by atoms with Gasteiger partial charge in [-0.3, -0.25) is 4.79 Å². The molecule has 0 radical (unpaired) electrons. The molecular weight excluding hydrogens is 481 g/mol. The Morgan fingerprint density at radius 3 is 2.31 bits per heavy atom. The van der Waals surface area contributed by atoms with Crippen molar-refractivity contribution in [2.45, 2.75) is 23.1 Å². The monoisotopic (exact) mass is 507 g/mol. The second kappa shape index (κ2) is 12.6. The summed E-state index contributed by atoms with van der Waals surface area (Å²) in [6.45, 7) is 4.71. The summed E-state index contributed by atoms with van der Waals surface area (Å²) in [7, 11) is -3.98. The molecule has 1 aliphatic rings. The minimum absolute atomic E-state index is 0.0556. The molecule has 0 saturated carbocycles. The maximum absolute atomic E-state index is 13.5. The number of carbonyl (C=O) groups excluding carboxylic acids is 1. The van der Waals surface area contributed by atoms with Crippen LogP contribution in [0.5, 0.6) is 0 Å². The molecule has 10 nitrogen and oxygen atoms in total. The number of nitrogens with zero attached hydrogens (tertiary/aromatic N) is 1. The minimum Gasteiger partial charge on any atom is -0.478 e. The lowest BCUT2D eigenvalue weighted by Crippen LogP contribution is -2.28. The van der Waals surface area contributed by atoms with Gasteiger partial charge in [0.1, 0.15) is 5.82 Å². The Balaban J connectivity index is 0.000000466. The summed E-state index contributed by atoms with van der Waals surface area (Å²) >= 11 is 0. The smallest absolute Gasteiger partial charge is 0.328 e. The highest BCUT2D eigenvalue weighted by molar-refractivity contribution is 7.91. The molecule has 0 spiro atoms. The standard InChI is InChI=1S/C19H22FN3O3S.C4H4O4/c1-14(24)22-18-13-16(23-10-3-8-21-9-11-23)6-7-19(18)27(25,26)17-5-2-4-15(20)12-17;5-3(6)1-2-4(7)8/h2,4-7,12-13,21H,3,8-11H2,1H3,(H,22,24);1-2H,(H,5,6)(H,7,8)/b;2-1-. The van der Waals surface area contributed by atoms with Gasteiger partial charge in [-0.05, 0) is 49.4 Å². The van der Waals surface area contributed by atoms with Gasteiger partial charge in [-0.2, -0.15) is 0 Å².